The van der Waals surface area contributed by atoms with Crippen molar-refractivity contribution in [3.05, 3.63) is 30.2 Å². The third kappa shape index (κ3) is 2.79. The standard InChI is InChI=1S/C19H24N8/c1-2-25-13-24-16-18(25)22-12-23-19(16)27-9-7-26(8-10-27)17-14-5-3-4-6-15(14)20-11-21-17/h11-13H,2-10H2,1H3. The zero-order valence-corrected chi connectivity index (χ0v) is 15.7. The zero-order chi connectivity index (χ0) is 18.2. The number of rotatable bonds is 3. The van der Waals surface area contributed by atoms with E-state index in [-0.39, 0.29) is 0 Å². The van der Waals surface area contributed by atoms with Gasteiger partial charge in [-0.15, -0.1) is 0 Å². The minimum atomic E-state index is 0.861. The molecule has 1 saturated heterocycles. The van der Waals surface area contributed by atoms with Crippen LogP contribution in [-0.4, -0.2) is 55.7 Å². The fourth-order valence-electron chi connectivity index (χ4n) is 4.24. The van der Waals surface area contributed by atoms with Crippen molar-refractivity contribution in [1.29, 1.82) is 0 Å². The van der Waals surface area contributed by atoms with Gasteiger partial charge in [-0.05, 0) is 32.6 Å². The molecule has 1 aliphatic heterocycles. The van der Waals surface area contributed by atoms with Crippen molar-refractivity contribution in [2.45, 2.75) is 39.2 Å². The van der Waals surface area contributed by atoms with Crippen LogP contribution in [0.15, 0.2) is 19.0 Å². The Kier molecular flexibility index (Phi) is 4.10. The Balaban J connectivity index is 1.38. The van der Waals surface area contributed by atoms with Gasteiger partial charge in [0.05, 0.1) is 6.33 Å². The molecular weight excluding hydrogens is 340 g/mol. The van der Waals surface area contributed by atoms with E-state index in [4.69, 9.17) is 0 Å². The van der Waals surface area contributed by atoms with Crippen LogP contribution in [0, 0.1) is 0 Å². The molecule has 0 aromatic carbocycles. The molecule has 2 aliphatic rings. The van der Waals surface area contributed by atoms with Crippen molar-refractivity contribution < 1.29 is 0 Å². The molecule has 0 unspecified atom stereocenters. The minimum absolute atomic E-state index is 0.861. The average Bonchev–Trinajstić information content (AvgIpc) is 3.17. The second-order valence-electron chi connectivity index (χ2n) is 7.20. The quantitative estimate of drug-likeness (QED) is 0.702. The lowest BCUT2D eigenvalue weighted by Crippen LogP contribution is -2.47. The molecule has 4 heterocycles. The summed E-state index contributed by atoms with van der Waals surface area (Å²) in [7, 11) is 0. The molecule has 8 heteroatoms. The first-order chi connectivity index (χ1) is 13.3. The maximum Gasteiger partial charge on any atom is 0.165 e. The number of hydrogen-bond acceptors (Lipinski definition) is 7. The van der Waals surface area contributed by atoms with E-state index < -0.39 is 0 Å². The van der Waals surface area contributed by atoms with Gasteiger partial charge in [-0.25, -0.2) is 24.9 Å². The van der Waals surface area contributed by atoms with Crippen LogP contribution in [0.4, 0.5) is 11.6 Å². The third-order valence-corrected chi connectivity index (χ3v) is 5.70. The smallest absolute Gasteiger partial charge is 0.165 e. The molecular formula is C19H24N8. The summed E-state index contributed by atoms with van der Waals surface area (Å²) < 4.78 is 2.06. The lowest BCUT2D eigenvalue weighted by molar-refractivity contribution is 0.620. The maximum absolute atomic E-state index is 4.63. The molecule has 1 aliphatic carbocycles. The predicted octanol–water partition coefficient (Wildman–Crippen LogP) is 1.84. The average molecular weight is 364 g/mol. The highest BCUT2D eigenvalue weighted by molar-refractivity contribution is 5.83. The maximum atomic E-state index is 4.63. The Bertz CT molecular complexity index is 957. The number of aromatic nitrogens is 6. The topological polar surface area (TPSA) is 75.9 Å². The lowest BCUT2D eigenvalue weighted by Gasteiger charge is -2.37. The van der Waals surface area contributed by atoms with Crippen molar-refractivity contribution in [3.8, 4) is 0 Å². The Morgan fingerprint density at radius 3 is 2.33 bits per heavy atom. The van der Waals surface area contributed by atoms with Crippen molar-refractivity contribution in [3.63, 3.8) is 0 Å². The molecule has 0 N–H and O–H groups in total. The summed E-state index contributed by atoms with van der Waals surface area (Å²) in [6, 6.07) is 0. The first-order valence-corrected chi connectivity index (χ1v) is 9.83. The number of nitrogens with zero attached hydrogens (tertiary/aromatic N) is 8. The van der Waals surface area contributed by atoms with Gasteiger partial charge in [0.15, 0.2) is 17.0 Å². The van der Waals surface area contributed by atoms with E-state index in [2.05, 4.69) is 46.2 Å². The van der Waals surface area contributed by atoms with E-state index in [9.17, 15) is 0 Å². The van der Waals surface area contributed by atoms with E-state index in [0.717, 1.165) is 68.4 Å². The SMILES string of the molecule is CCn1cnc2c(N3CCN(c4ncnc5c4CCCC5)CC3)ncnc21. The van der Waals surface area contributed by atoms with Crippen molar-refractivity contribution >= 4 is 22.8 Å². The summed E-state index contributed by atoms with van der Waals surface area (Å²) >= 11 is 0. The largest absolute Gasteiger partial charge is 0.353 e. The van der Waals surface area contributed by atoms with Crippen LogP contribution in [0.2, 0.25) is 0 Å². The fraction of sp³-hybridized carbons (Fsp3) is 0.526. The van der Waals surface area contributed by atoms with Crippen LogP contribution in [0.1, 0.15) is 31.0 Å². The van der Waals surface area contributed by atoms with Crippen LogP contribution >= 0.6 is 0 Å². The molecule has 0 radical (unpaired) electrons. The number of hydrogen-bond donors (Lipinski definition) is 0. The molecule has 27 heavy (non-hydrogen) atoms. The van der Waals surface area contributed by atoms with Gasteiger partial charge >= 0.3 is 0 Å². The monoisotopic (exact) mass is 364 g/mol. The van der Waals surface area contributed by atoms with Crippen LogP contribution in [-0.2, 0) is 19.4 Å². The van der Waals surface area contributed by atoms with Gasteiger partial charge in [-0.2, -0.15) is 0 Å². The number of anilines is 2. The molecule has 0 atom stereocenters. The molecule has 0 spiro atoms. The van der Waals surface area contributed by atoms with E-state index in [0.29, 0.717) is 0 Å². The van der Waals surface area contributed by atoms with Crippen LogP contribution in [0.3, 0.4) is 0 Å². The minimum Gasteiger partial charge on any atom is -0.353 e. The van der Waals surface area contributed by atoms with Crippen LogP contribution in [0.25, 0.3) is 11.2 Å². The van der Waals surface area contributed by atoms with Crippen molar-refractivity contribution in [1.82, 2.24) is 29.5 Å². The summed E-state index contributed by atoms with van der Waals surface area (Å²) in [5.74, 6) is 2.08. The van der Waals surface area contributed by atoms with Gasteiger partial charge in [0.25, 0.3) is 0 Å². The van der Waals surface area contributed by atoms with E-state index in [1.54, 1.807) is 12.7 Å². The zero-order valence-electron chi connectivity index (χ0n) is 15.7. The van der Waals surface area contributed by atoms with Crippen molar-refractivity contribution in [2.24, 2.45) is 0 Å². The first kappa shape index (κ1) is 16.4. The van der Waals surface area contributed by atoms with Gasteiger partial charge in [-0.1, -0.05) is 0 Å². The summed E-state index contributed by atoms with van der Waals surface area (Å²) in [6.07, 6.45) is 9.91. The third-order valence-electron chi connectivity index (χ3n) is 5.70. The van der Waals surface area contributed by atoms with Gasteiger partial charge in [0.1, 0.15) is 18.5 Å². The Morgan fingerprint density at radius 1 is 0.815 bits per heavy atom. The van der Waals surface area contributed by atoms with Gasteiger partial charge in [0.2, 0.25) is 0 Å². The summed E-state index contributed by atoms with van der Waals surface area (Å²) in [5.41, 5.74) is 4.42. The van der Waals surface area contributed by atoms with Crippen LogP contribution in [0.5, 0.6) is 0 Å². The molecule has 0 bridgehead atoms. The summed E-state index contributed by atoms with van der Waals surface area (Å²) in [6.45, 7) is 6.64. The van der Waals surface area contributed by atoms with E-state index in [1.165, 1.54) is 24.1 Å². The highest BCUT2D eigenvalue weighted by Gasteiger charge is 2.25. The van der Waals surface area contributed by atoms with Gasteiger partial charge in [0, 0.05) is 44.0 Å². The summed E-state index contributed by atoms with van der Waals surface area (Å²) in [4.78, 5) is 27.4. The fourth-order valence-corrected chi connectivity index (χ4v) is 4.24. The number of imidazole rings is 1. The van der Waals surface area contributed by atoms with Crippen molar-refractivity contribution in [2.75, 3.05) is 36.0 Å². The number of piperazine rings is 1. The Labute approximate surface area is 158 Å². The summed E-state index contributed by atoms with van der Waals surface area (Å²) in [5, 5.41) is 0. The highest BCUT2D eigenvalue weighted by Crippen LogP contribution is 2.29. The van der Waals surface area contributed by atoms with E-state index >= 15 is 0 Å². The van der Waals surface area contributed by atoms with E-state index in [1.807, 2.05) is 6.33 Å². The van der Waals surface area contributed by atoms with Gasteiger partial charge in [-0.3, -0.25) is 0 Å². The predicted molar refractivity (Wildman–Crippen MR) is 104 cm³/mol. The second-order valence-corrected chi connectivity index (χ2v) is 7.20. The molecule has 3 aromatic rings. The normalized spacial score (nSPS) is 17.4. The first-order valence-electron chi connectivity index (χ1n) is 9.83. The molecule has 0 saturated carbocycles. The Morgan fingerprint density at radius 2 is 1.52 bits per heavy atom. The highest BCUT2D eigenvalue weighted by atomic mass is 15.3. The molecule has 3 aromatic heterocycles. The molecule has 0 amide bonds. The molecule has 1 fully saturated rings. The molecule has 140 valence electrons. The lowest BCUT2D eigenvalue weighted by atomic mass is 9.96. The molecule has 5 rings (SSSR count). The molecule has 8 nitrogen and oxygen atoms in total. The number of aryl methyl sites for hydroxylation is 2. The Hall–Kier alpha value is -2.77. The number of fused-ring (bicyclic) bond motifs is 2. The second kappa shape index (κ2) is 6.75. The van der Waals surface area contributed by atoms with Gasteiger partial charge < -0.3 is 14.4 Å². The van der Waals surface area contributed by atoms with Crippen LogP contribution < -0.4 is 9.80 Å².